The number of nitrogens with zero attached hydrogens (tertiary/aromatic N) is 2. The Labute approximate surface area is 175 Å². The summed E-state index contributed by atoms with van der Waals surface area (Å²) in [6.07, 6.45) is 1.34. The van der Waals surface area contributed by atoms with Crippen LogP contribution in [-0.4, -0.2) is 24.5 Å². The van der Waals surface area contributed by atoms with E-state index >= 15 is 0 Å². The Hall–Kier alpha value is -3.44. The van der Waals surface area contributed by atoms with Crippen LogP contribution in [0.15, 0.2) is 46.4 Å². The van der Waals surface area contributed by atoms with Gasteiger partial charge in [-0.1, -0.05) is 22.0 Å². The molecule has 1 N–H and O–H groups in total. The third-order valence-corrected chi connectivity index (χ3v) is 4.62. The largest absolute Gasteiger partial charge is 0.478 e. The lowest BCUT2D eigenvalue weighted by molar-refractivity contribution is -0.122. The van der Waals surface area contributed by atoms with Crippen LogP contribution in [-0.2, 0) is 9.59 Å². The van der Waals surface area contributed by atoms with Crippen molar-refractivity contribution in [3.8, 4) is 11.8 Å². The molecule has 8 heteroatoms. The fraction of sp³-hybridized carbons (Fsp3) is 0.143. The molecule has 1 saturated heterocycles. The van der Waals surface area contributed by atoms with Crippen molar-refractivity contribution in [2.24, 2.45) is 0 Å². The third kappa shape index (κ3) is 4.36. The van der Waals surface area contributed by atoms with Crippen LogP contribution in [0.25, 0.3) is 6.08 Å². The number of barbiturate groups is 1. The molecule has 0 aliphatic carbocycles. The van der Waals surface area contributed by atoms with E-state index in [9.17, 15) is 14.4 Å². The third-order valence-electron chi connectivity index (χ3n) is 4.13. The Kier molecular flexibility index (Phi) is 5.80. The minimum absolute atomic E-state index is 0.189. The summed E-state index contributed by atoms with van der Waals surface area (Å²) in [6.45, 7) is 3.52. The molecule has 0 radical (unpaired) electrons. The van der Waals surface area contributed by atoms with Gasteiger partial charge in [-0.25, -0.2) is 9.69 Å². The topological polar surface area (TPSA) is 99.5 Å². The highest BCUT2D eigenvalue weighted by Gasteiger charge is 2.37. The average Bonchev–Trinajstić information content (AvgIpc) is 2.63. The van der Waals surface area contributed by atoms with Gasteiger partial charge in [0.05, 0.1) is 5.69 Å². The average molecular weight is 454 g/mol. The Balaban J connectivity index is 2.07. The minimum Gasteiger partial charge on any atom is -0.478 e. The van der Waals surface area contributed by atoms with E-state index in [4.69, 9.17) is 10.00 Å². The smallest absolute Gasteiger partial charge is 0.335 e. The zero-order chi connectivity index (χ0) is 21.1. The van der Waals surface area contributed by atoms with Crippen molar-refractivity contribution in [2.75, 3.05) is 11.5 Å². The molecule has 146 valence electrons. The SMILES string of the molecule is Cc1cc(C)cc(N2C(=O)NC(=O)/C(=C\c3cc(Br)ccc3OCC#N)C2=O)c1. The number of hydrogen-bond donors (Lipinski definition) is 1. The molecule has 1 heterocycles. The van der Waals surface area contributed by atoms with Gasteiger partial charge in [0.25, 0.3) is 11.8 Å². The number of carbonyl (C=O) groups excluding carboxylic acids is 3. The van der Waals surface area contributed by atoms with Crippen molar-refractivity contribution >= 4 is 45.5 Å². The molecule has 1 aliphatic heterocycles. The van der Waals surface area contributed by atoms with Crippen LogP contribution in [0.3, 0.4) is 0 Å². The molecule has 0 unspecified atom stereocenters. The maximum atomic E-state index is 13.1. The Morgan fingerprint density at radius 3 is 2.48 bits per heavy atom. The number of urea groups is 1. The van der Waals surface area contributed by atoms with E-state index < -0.39 is 17.8 Å². The molecule has 0 saturated carbocycles. The van der Waals surface area contributed by atoms with Crippen LogP contribution in [0.5, 0.6) is 5.75 Å². The fourth-order valence-corrected chi connectivity index (χ4v) is 3.38. The van der Waals surface area contributed by atoms with Crippen LogP contribution in [0.4, 0.5) is 10.5 Å². The molecule has 3 rings (SSSR count). The summed E-state index contributed by atoms with van der Waals surface area (Å²) in [4.78, 5) is 38.8. The van der Waals surface area contributed by atoms with Crippen LogP contribution in [0.2, 0.25) is 0 Å². The van der Waals surface area contributed by atoms with Crippen molar-refractivity contribution in [1.29, 1.82) is 5.26 Å². The number of carbonyl (C=O) groups is 3. The molecule has 2 aromatic carbocycles. The second kappa shape index (κ2) is 8.29. The number of anilines is 1. The van der Waals surface area contributed by atoms with Gasteiger partial charge in [0.2, 0.25) is 0 Å². The number of hydrogen-bond acceptors (Lipinski definition) is 5. The normalized spacial score (nSPS) is 15.3. The number of nitrogens with one attached hydrogen (secondary N) is 1. The van der Waals surface area contributed by atoms with E-state index in [0.29, 0.717) is 21.5 Å². The number of benzene rings is 2. The molecule has 0 bridgehead atoms. The first kappa shape index (κ1) is 20.3. The van der Waals surface area contributed by atoms with Gasteiger partial charge in [-0.2, -0.15) is 5.26 Å². The first-order valence-corrected chi connectivity index (χ1v) is 9.38. The number of ether oxygens (including phenoxy) is 1. The maximum Gasteiger partial charge on any atom is 0.335 e. The summed E-state index contributed by atoms with van der Waals surface area (Å²) >= 11 is 3.33. The van der Waals surface area contributed by atoms with E-state index in [2.05, 4.69) is 21.2 Å². The van der Waals surface area contributed by atoms with Crippen LogP contribution in [0.1, 0.15) is 16.7 Å². The molecular weight excluding hydrogens is 438 g/mol. The van der Waals surface area contributed by atoms with Crippen molar-refractivity contribution < 1.29 is 19.1 Å². The number of amides is 4. The molecule has 0 aromatic heterocycles. The molecule has 2 aromatic rings. The quantitative estimate of drug-likeness (QED) is 0.562. The summed E-state index contributed by atoms with van der Waals surface area (Å²) in [5, 5.41) is 11.0. The predicted molar refractivity (Wildman–Crippen MR) is 110 cm³/mol. The molecular formula is C21H16BrN3O4. The summed E-state index contributed by atoms with van der Waals surface area (Å²) in [5.41, 5.74) is 2.33. The van der Waals surface area contributed by atoms with E-state index in [1.807, 2.05) is 26.0 Å². The zero-order valence-corrected chi connectivity index (χ0v) is 17.2. The predicted octanol–water partition coefficient (Wildman–Crippen LogP) is 3.63. The van der Waals surface area contributed by atoms with Gasteiger partial charge in [0.1, 0.15) is 17.4 Å². The number of halogens is 1. The van der Waals surface area contributed by atoms with Gasteiger partial charge in [-0.3, -0.25) is 14.9 Å². The zero-order valence-electron chi connectivity index (χ0n) is 15.7. The Bertz CT molecular complexity index is 1080. The van der Waals surface area contributed by atoms with Gasteiger partial charge >= 0.3 is 6.03 Å². The summed E-state index contributed by atoms with van der Waals surface area (Å²) in [6, 6.07) is 11.3. The van der Waals surface area contributed by atoms with Crippen molar-refractivity contribution in [1.82, 2.24) is 5.32 Å². The van der Waals surface area contributed by atoms with Gasteiger partial charge < -0.3 is 4.74 Å². The van der Waals surface area contributed by atoms with E-state index in [0.717, 1.165) is 16.0 Å². The molecule has 7 nitrogen and oxygen atoms in total. The summed E-state index contributed by atoms with van der Waals surface area (Å²) in [7, 11) is 0. The van der Waals surface area contributed by atoms with E-state index in [-0.39, 0.29) is 12.2 Å². The lowest BCUT2D eigenvalue weighted by Gasteiger charge is -2.27. The van der Waals surface area contributed by atoms with Crippen molar-refractivity contribution in [2.45, 2.75) is 13.8 Å². The first-order valence-electron chi connectivity index (χ1n) is 8.59. The second-order valence-electron chi connectivity index (χ2n) is 6.43. The fourth-order valence-electron chi connectivity index (χ4n) is 3.00. The Morgan fingerprint density at radius 2 is 1.83 bits per heavy atom. The highest BCUT2D eigenvalue weighted by atomic mass is 79.9. The lowest BCUT2D eigenvalue weighted by Crippen LogP contribution is -2.54. The first-order chi connectivity index (χ1) is 13.8. The molecule has 1 aliphatic rings. The van der Waals surface area contributed by atoms with Gasteiger partial charge in [0.15, 0.2) is 6.61 Å². The molecule has 0 atom stereocenters. The molecule has 0 spiro atoms. The van der Waals surface area contributed by atoms with Crippen LogP contribution in [0, 0.1) is 25.2 Å². The van der Waals surface area contributed by atoms with Gasteiger partial charge in [-0.15, -0.1) is 0 Å². The number of nitriles is 1. The highest BCUT2D eigenvalue weighted by Crippen LogP contribution is 2.28. The molecule has 1 fully saturated rings. The van der Waals surface area contributed by atoms with Crippen molar-refractivity contribution in [3.05, 3.63) is 63.1 Å². The highest BCUT2D eigenvalue weighted by molar-refractivity contribution is 9.10. The van der Waals surface area contributed by atoms with Crippen LogP contribution >= 0.6 is 15.9 Å². The Morgan fingerprint density at radius 1 is 1.14 bits per heavy atom. The van der Waals surface area contributed by atoms with Crippen molar-refractivity contribution in [3.63, 3.8) is 0 Å². The standard InChI is InChI=1S/C21H16BrN3O4/c1-12-7-13(2)9-16(8-12)25-20(27)17(19(26)24-21(25)28)11-14-10-15(22)3-4-18(14)29-6-5-23/h3-4,7-11H,6H2,1-2H3,(H,24,26,28)/b17-11+. The monoisotopic (exact) mass is 453 g/mol. The number of aryl methyl sites for hydroxylation is 2. The van der Waals surface area contributed by atoms with Gasteiger partial charge in [-0.05, 0) is 61.4 Å². The molecule has 29 heavy (non-hydrogen) atoms. The number of rotatable bonds is 4. The second-order valence-corrected chi connectivity index (χ2v) is 7.35. The maximum absolute atomic E-state index is 13.1. The molecule has 4 amide bonds. The lowest BCUT2D eigenvalue weighted by atomic mass is 10.0. The summed E-state index contributed by atoms with van der Waals surface area (Å²) < 4.78 is 6.06. The van der Waals surface area contributed by atoms with Gasteiger partial charge in [0, 0.05) is 10.0 Å². The summed E-state index contributed by atoms with van der Waals surface area (Å²) in [5.74, 6) is -1.21. The van der Waals surface area contributed by atoms with Crippen LogP contribution < -0.4 is 15.0 Å². The van der Waals surface area contributed by atoms with E-state index in [1.165, 1.54) is 6.08 Å². The minimum atomic E-state index is -0.808. The van der Waals surface area contributed by atoms with E-state index in [1.54, 1.807) is 30.3 Å². The number of imide groups is 2.